The lowest BCUT2D eigenvalue weighted by atomic mass is 10.1. The molecular weight excluding hydrogens is 274 g/mol. The van der Waals surface area contributed by atoms with Crippen LogP contribution in [0.25, 0.3) is 5.65 Å². The van der Waals surface area contributed by atoms with Gasteiger partial charge in [0.2, 0.25) is 0 Å². The minimum Gasteiger partial charge on any atom is -0.391 e. The van der Waals surface area contributed by atoms with Crippen LogP contribution >= 0.6 is 0 Å². The average molecular weight is 293 g/mol. The number of hydrogen-bond acceptors (Lipinski definition) is 3. The van der Waals surface area contributed by atoms with Gasteiger partial charge in [-0.25, -0.2) is 4.98 Å². The highest BCUT2D eigenvalue weighted by atomic mass is 16.3. The van der Waals surface area contributed by atoms with E-state index in [0.29, 0.717) is 6.54 Å². The number of fused-ring (bicyclic) bond motifs is 2. The number of aryl methyl sites for hydroxylation is 1. The Balaban J connectivity index is 1.58. The van der Waals surface area contributed by atoms with Crippen LogP contribution in [0.2, 0.25) is 0 Å². The second kappa shape index (κ2) is 5.23. The first-order chi connectivity index (χ1) is 10.7. The van der Waals surface area contributed by atoms with Crippen LogP contribution in [0, 0.1) is 6.92 Å². The molecule has 2 N–H and O–H groups in total. The summed E-state index contributed by atoms with van der Waals surface area (Å²) in [5.41, 5.74) is 5.71. The topological polar surface area (TPSA) is 49.6 Å². The molecule has 0 radical (unpaired) electrons. The van der Waals surface area contributed by atoms with Gasteiger partial charge in [0, 0.05) is 19.2 Å². The van der Waals surface area contributed by atoms with E-state index in [4.69, 9.17) is 0 Å². The number of rotatable bonds is 3. The Morgan fingerprint density at radius 1 is 1.27 bits per heavy atom. The standard InChI is InChI=1S/C18H19N3O/c1-12-6-7-17-19-9-14(21(17)11-12)10-20-18-15-5-3-2-4-13(15)8-16(18)22/h2-7,9,11,16,18,20,22H,8,10H2,1H3/t16-,18+/m0/s1. The van der Waals surface area contributed by atoms with Crippen LogP contribution in [0.4, 0.5) is 0 Å². The van der Waals surface area contributed by atoms with E-state index < -0.39 is 0 Å². The van der Waals surface area contributed by atoms with Crippen LogP contribution in [0.5, 0.6) is 0 Å². The number of hydrogen-bond donors (Lipinski definition) is 2. The van der Waals surface area contributed by atoms with Crippen molar-refractivity contribution in [3.05, 3.63) is 71.2 Å². The SMILES string of the molecule is Cc1ccc2ncc(CN[C@@H]3c4ccccc4C[C@@H]3O)n2c1. The lowest BCUT2D eigenvalue weighted by Crippen LogP contribution is -2.28. The number of pyridine rings is 1. The first-order valence-electron chi connectivity index (χ1n) is 7.64. The van der Waals surface area contributed by atoms with Crippen LogP contribution in [0.15, 0.2) is 48.8 Å². The fourth-order valence-corrected chi connectivity index (χ4v) is 3.30. The maximum atomic E-state index is 10.3. The Labute approximate surface area is 129 Å². The third-order valence-electron chi connectivity index (χ3n) is 4.44. The summed E-state index contributed by atoms with van der Waals surface area (Å²) < 4.78 is 2.11. The van der Waals surface area contributed by atoms with E-state index in [-0.39, 0.29) is 12.1 Å². The van der Waals surface area contributed by atoms with Crippen LogP contribution in [0.1, 0.15) is 28.4 Å². The van der Waals surface area contributed by atoms with Crippen molar-refractivity contribution in [1.29, 1.82) is 0 Å². The third kappa shape index (κ3) is 2.21. The van der Waals surface area contributed by atoms with Crippen LogP contribution in [0.3, 0.4) is 0 Å². The molecule has 0 aliphatic heterocycles. The zero-order chi connectivity index (χ0) is 15.1. The summed E-state index contributed by atoms with van der Waals surface area (Å²) in [6.45, 7) is 2.76. The molecule has 1 aromatic carbocycles. The highest BCUT2D eigenvalue weighted by Crippen LogP contribution is 2.31. The Morgan fingerprint density at radius 2 is 2.14 bits per heavy atom. The summed E-state index contributed by atoms with van der Waals surface area (Å²) in [4.78, 5) is 4.43. The Kier molecular flexibility index (Phi) is 3.21. The lowest BCUT2D eigenvalue weighted by molar-refractivity contribution is 0.140. The molecule has 0 amide bonds. The molecule has 0 fully saturated rings. The maximum absolute atomic E-state index is 10.3. The molecule has 112 valence electrons. The number of imidazole rings is 1. The number of aromatic nitrogens is 2. The van der Waals surface area contributed by atoms with Crippen molar-refractivity contribution < 1.29 is 5.11 Å². The molecule has 4 rings (SSSR count). The second-order valence-electron chi connectivity index (χ2n) is 6.01. The molecule has 0 unspecified atom stereocenters. The first kappa shape index (κ1) is 13.5. The van der Waals surface area contributed by atoms with Gasteiger partial charge in [-0.1, -0.05) is 30.3 Å². The predicted molar refractivity (Wildman–Crippen MR) is 85.7 cm³/mol. The molecule has 3 aromatic rings. The van der Waals surface area contributed by atoms with Crippen molar-refractivity contribution >= 4 is 5.65 Å². The molecule has 2 atom stereocenters. The molecule has 0 saturated carbocycles. The minimum atomic E-state index is -0.363. The molecule has 1 aliphatic carbocycles. The zero-order valence-corrected chi connectivity index (χ0v) is 12.5. The first-order valence-corrected chi connectivity index (χ1v) is 7.64. The molecule has 2 heterocycles. The number of benzene rings is 1. The molecular formula is C18H19N3O. The normalized spacial score (nSPS) is 20.5. The van der Waals surface area contributed by atoms with Gasteiger partial charge < -0.3 is 14.8 Å². The molecule has 4 nitrogen and oxygen atoms in total. The van der Waals surface area contributed by atoms with E-state index in [9.17, 15) is 5.11 Å². The lowest BCUT2D eigenvalue weighted by Gasteiger charge is -2.17. The molecule has 4 heteroatoms. The summed E-state index contributed by atoms with van der Waals surface area (Å²) in [6.07, 6.45) is 4.35. The molecule has 2 aromatic heterocycles. The highest BCUT2D eigenvalue weighted by Gasteiger charge is 2.30. The van der Waals surface area contributed by atoms with Gasteiger partial charge in [-0.15, -0.1) is 0 Å². The quantitative estimate of drug-likeness (QED) is 0.779. The Morgan fingerprint density at radius 3 is 3.05 bits per heavy atom. The van der Waals surface area contributed by atoms with Gasteiger partial charge in [-0.2, -0.15) is 0 Å². The summed E-state index contributed by atoms with van der Waals surface area (Å²) in [6, 6.07) is 12.3. The molecule has 22 heavy (non-hydrogen) atoms. The predicted octanol–water partition coefficient (Wildman–Crippen LogP) is 2.39. The Bertz CT molecular complexity index is 824. The third-order valence-corrected chi connectivity index (χ3v) is 4.44. The van der Waals surface area contributed by atoms with Crippen molar-refractivity contribution in [1.82, 2.24) is 14.7 Å². The number of nitrogens with one attached hydrogen (secondary N) is 1. The van der Waals surface area contributed by atoms with Crippen molar-refractivity contribution in [3.63, 3.8) is 0 Å². The fourth-order valence-electron chi connectivity index (χ4n) is 3.30. The van der Waals surface area contributed by atoms with Crippen molar-refractivity contribution in [3.8, 4) is 0 Å². The number of aliphatic hydroxyl groups is 1. The molecule has 0 bridgehead atoms. The van der Waals surface area contributed by atoms with Gasteiger partial charge in [-0.3, -0.25) is 0 Å². The van der Waals surface area contributed by atoms with Gasteiger partial charge in [-0.05, 0) is 29.7 Å². The largest absolute Gasteiger partial charge is 0.391 e. The number of nitrogens with zero attached hydrogens (tertiary/aromatic N) is 2. The van der Waals surface area contributed by atoms with E-state index in [1.54, 1.807) is 0 Å². The second-order valence-corrected chi connectivity index (χ2v) is 6.01. The van der Waals surface area contributed by atoms with Crippen molar-refractivity contribution in [2.75, 3.05) is 0 Å². The fraction of sp³-hybridized carbons (Fsp3) is 0.278. The monoisotopic (exact) mass is 293 g/mol. The Hall–Kier alpha value is -2.17. The van der Waals surface area contributed by atoms with Gasteiger partial charge in [0.15, 0.2) is 0 Å². The maximum Gasteiger partial charge on any atom is 0.136 e. The van der Waals surface area contributed by atoms with Crippen LogP contribution < -0.4 is 5.32 Å². The molecule has 1 aliphatic rings. The van der Waals surface area contributed by atoms with E-state index >= 15 is 0 Å². The van der Waals surface area contributed by atoms with E-state index in [1.807, 2.05) is 24.4 Å². The van der Waals surface area contributed by atoms with E-state index in [2.05, 4.69) is 46.0 Å². The van der Waals surface area contributed by atoms with Gasteiger partial charge in [0.05, 0.1) is 24.0 Å². The number of aliphatic hydroxyl groups excluding tert-OH is 1. The van der Waals surface area contributed by atoms with Crippen molar-refractivity contribution in [2.24, 2.45) is 0 Å². The van der Waals surface area contributed by atoms with Crippen molar-refractivity contribution in [2.45, 2.75) is 32.0 Å². The van der Waals surface area contributed by atoms with Crippen LogP contribution in [-0.2, 0) is 13.0 Å². The summed E-state index contributed by atoms with van der Waals surface area (Å²) in [5, 5.41) is 13.8. The van der Waals surface area contributed by atoms with Gasteiger partial charge in [0.25, 0.3) is 0 Å². The van der Waals surface area contributed by atoms with Gasteiger partial charge >= 0.3 is 0 Å². The van der Waals surface area contributed by atoms with E-state index in [1.165, 1.54) is 16.7 Å². The summed E-state index contributed by atoms with van der Waals surface area (Å²) in [7, 11) is 0. The van der Waals surface area contributed by atoms with Crippen LogP contribution in [-0.4, -0.2) is 20.6 Å². The zero-order valence-electron chi connectivity index (χ0n) is 12.5. The highest BCUT2D eigenvalue weighted by molar-refractivity contribution is 5.42. The molecule has 0 saturated heterocycles. The van der Waals surface area contributed by atoms with Gasteiger partial charge in [0.1, 0.15) is 5.65 Å². The smallest absolute Gasteiger partial charge is 0.136 e. The summed E-state index contributed by atoms with van der Waals surface area (Å²) >= 11 is 0. The minimum absolute atomic E-state index is 0.00782. The average Bonchev–Trinajstić information content (AvgIpc) is 3.05. The summed E-state index contributed by atoms with van der Waals surface area (Å²) in [5.74, 6) is 0. The molecule has 0 spiro atoms. The van der Waals surface area contributed by atoms with E-state index in [0.717, 1.165) is 17.8 Å².